The fourth-order valence-corrected chi connectivity index (χ4v) is 4.14. The number of ether oxygens (including phenoxy) is 1. The van der Waals surface area contributed by atoms with Crippen molar-refractivity contribution >= 4 is 41.1 Å². The summed E-state index contributed by atoms with van der Waals surface area (Å²) >= 11 is 6.32. The van der Waals surface area contributed by atoms with E-state index in [2.05, 4.69) is 10.6 Å². The molecule has 0 aliphatic carbocycles. The van der Waals surface area contributed by atoms with Crippen LogP contribution in [0.2, 0.25) is 5.02 Å². The number of benzene rings is 2. The molecule has 0 aliphatic heterocycles. The normalized spacial score (nSPS) is 12.4. The van der Waals surface area contributed by atoms with Gasteiger partial charge in [-0.25, -0.2) is 4.79 Å². The van der Waals surface area contributed by atoms with Gasteiger partial charge in [-0.15, -0.1) is 0 Å². The van der Waals surface area contributed by atoms with E-state index in [4.69, 9.17) is 22.1 Å². The Morgan fingerprint density at radius 2 is 1.82 bits per heavy atom. The summed E-state index contributed by atoms with van der Waals surface area (Å²) in [5.41, 5.74) is 6.09. The Balaban J connectivity index is 2.59. The lowest BCUT2D eigenvalue weighted by atomic mass is 9.99. The SMILES string of the molecule is Cc1cc(C(C(=O)Nc2c(C)cccc2Cl)N(CC#N)C(=O)C(CCC(N)=O)NC(=O)OC(C)(C)C)ccc1O. The first-order chi connectivity index (χ1) is 18.6. The number of hydrogen-bond acceptors (Lipinski definition) is 7. The monoisotopic (exact) mass is 571 g/mol. The molecule has 2 aromatic carbocycles. The Morgan fingerprint density at radius 3 is 2.38 bits per heavy atom. The lowest BCUT2D eigenvalue weighted by Gasteiger charge is -2.33. The Kier molecular flexibility index (Phi) is 10.9. The van der Waals surface area contributed by atoms with Crippen molar-refractivity contribution in [3.05, 3.63) is 58.1 Å². The number of primary amides is 1. The summed E-state index contributed by atoms with van der Waals surface area (Å²) in [4.78, 5) is 52.8. The minimum Gasteiger partial charge on any atom is -0.508 e. The zero-order chi connectivity index (χ0) is 30.2. The van der Waals surface area contributed by atoms with Crippen molar-refractivity contribution in [3.63, 3.8) is 0 Å². The van der Waals surface area contributed by atoms with Crippen LogP contribution < -0.4 is 16.4 Å². The zero-order valence-electron chi connectivity index (χ0n) is 23.1. The van der Waals surface area contributed by atoms with Crippen LogP contribution in [-0.2, 0) is 19.1 Å². The van der Waals surface area contributed by atoms with Crippen molar-refractivity contribution in [2.24, 2.45) is 5.73 Å². The highest BCUT2D eigenvalue weighted by atomic mass is 35.5. The molecule has 5 N–H and O–H groups in total. The number of phenols is 1. The highest BCUT2D eigenvalue weighted by Crippen LogP contribution is 2.31. The molecule has 0 bridgehead atoms. The molecule has 2 atom stereocenters. The first kappa shape index (κ1) is 31.9. The summed E-state index contributed by atoms with van der Waals surface area (Å²) in [7, 11) is 0. The third-order valence-electron chi connectivity index (χ3n) is 5.76. The van der Waals surface area contributed by atoms with Gasteiger partial charge in [-0.1, -0.05) is 29.8 Å². The van der Waals surface area contributed by atoms with Gasteiger partial charge < -0.3 is 31.1 Å². The van der Waals surface area contributed by atoms with Crippen LogP contribution in [0.3, 0.4) is 0 Å². The van der Waals surface area contributed by atoms with Gasteiger partial charge >= 0.3 is 6.09 Å². The van der Waals surface area contributed by atoms with E-state index in [1.165, 1.54) is 18.2 Å². The van der Waals surface area contributed by atoms with Crippen LogP contribution in [0, 0.1) is 25.2 Å². The maximum atomic E-state index is 13.9. The fraction of sp³-hybridized carbons (Fsp3) is 0.393. The van der Waals surface area contributed by atoms with Crippen molar-refractivity contribution in [2.75, 3.05) is 11.9 Å². The Hall–Kier alpha value is -4.30. The van der Waals surface area contributed by atoms with Crippen molar-refractivity contribution in [1.29, 1.82) is 5.26 Å². The molecule has 0 radical (unpaired) electrons. The van der Waals surface area contributed by atoms with Gasteiger partial charge in [-0.05, 0) is 75.9 Å². The number of amides is 4. The molecular weight excluding hydrogens is 538 g/mol. The fourth-order valence-electron chi connectivity index (χ4n) is 3.87. The second-order valence-electron chi connectivity index (χ2n) is 10.2. The average Bonchev–Trinajstić information content (AvgIpc) is 2.84. The summed E-state index contributed by atoms with van der Waals surface area (Å²) in [6.07, 6.45) is -1.40. The molecule has 0 fully saturated rings. The molecule has 0 saturated carbocycles. The topological polar surface area (TPSA) is 175 Å². The van der Waals surface area contributed by atoms with Crippen LogP contribution in [0.25, 0.3) is 0 Å². The number of carbonyl (C=O) groups is 4. The van der Waals surface area contributed by atoms with E-state index >= 15 is 0 Å². The van der Waals surface area contributed by atoms with Crippen LogP contribution in [0.15, 0.2) is 36.4 Å². The zero-order valence-corrected chi connectivity index (χ0v) is 23.8. The number of carbonyl (C=O) groups excluding carboxylic acids is 4. The minimum absolute atomic E-state index is 0.0334. The number of para-hydroxylation sites is 1. The maximum Gasteiger partial charge on any atom is 0.408 e. The highest BCUT2D eigenvalue weighted by Gasteiger charge is 2.37. The van der Waals surface area contributed by atoms with Gasteiger partial charge in [0.05, 0.1) is 16.8 Å². The lowest BCUT2D eigenvalue weighted by Crippen LogP contribution is -2.52. The third kappa shape index (κ3) is 8.88. The van der Waals surface area contributed by atoms with Crippen LogP contribution in [0.1, 0.15) is 56.3 Å². The van der Waals surface area contributed by atoms with E-state index in [-0.39, 0.29) is 29.2 Å². The standard InChI is InChI=1S/C28H34ClN5O6/c1-16-7-6-8-19(29)23(16)33-25(37)24(18-9-11-21(35)17(2)15-18)34(14-13-30)26(38)20(10-12-22(31)36)32-27(39)40-28(3,4)5/h6-9,11,15,20,24,35H,10,12,14H2,1-5H3,(H2,31,36)(H,32,39)(H,33,37). The van der Waals surface area contributed by atoms with Gasteiger partial charge in [-0.3, -0.25) is 14.4 Å². The molecule has 0 spiro atoms. The first-order valence-corrected chi connectivity index (χ1v) is 12.8. The summed E-state index contributed by atoms with van der Waals surface area (Å²) in [5.74, 6) is -2.27. The summed E-state index contributed by atoms with van der Waals surface area (Å²) < 4.78 is 5.27. The van der Waals surface area contributed by atoms with Crippen molar-refractivity contribution in [1.82, 2.24) is 10.2 Å². The van der Waals surface area contributed by atoms with Crippen molar-refractivity contribution < 1.29 is 29.0 Å². The van der Waals surface area contributed by atoms with Crippen molar-refractivity contribution in [2.45, 2.75) is 65.1 Å². The quantitative estimate of drug-likeness (QED) is 0.313. The number of nitrogens with one attached hydrogen (secondary N) is 2. The minimum atomic E-state index is -1.39. The third-order valence-corrected chi connectivity index (χ3v) is 6.07. The maximum absolute atomic E-state index is 13.9. The van der Waals surface area contributed by atoms with Gasteiger partial charge in [0.2, 0.25) is 11.8 Å². The van der Waals surface area contributed by atoms with E-state index in [9.17, 15) is 29.5 Å². The number of nitrogens with zero attached hydrogens (tertiary/aromatic N) is 2. The highest BCUT2D eigenvalue weighted by molar-refractivity contribution is 6.34. The predicted molar refractivity (Wildman–Crippen MR) is 149 cm³/mol. The van der Waals surface area contributed by atoms with E-state index in [1.54, 1.807) is 52.8 Å². The molecule has 2 rings (SSSR count). The van der Waals surface area contributed by atoms with Crippen molar-refractivity contribution in [3.8, 4) is 11.8 Å². The predicted octanol–water partition coefficient (Wildman–Crippen LogP) is 3.85. The molecule has 4 amide bonds. The van der Waals surface area contributed by atoms with E-state index in [1.807, 2.05) is 6.07 Å². The van der Waals surface area contributed by atoms with Gasteiger partial charge in [0.1, 0.15) is 30.0 Å². The molecule has 0 heterocycles. The summed E-state index contributed by atoms with van der Waals surface area (Å²) in [5, 5.41) is 25.2. The number of nitrogens with two attached hydrogens (primary N) is 1. The van der Waals surface area contributed by atoms with Crippen LogP contribution in [0.4, 0.5) is 10.5 Å². The largest absolute Gasteiger partial charge is 0.508 e. The molecular formula is C28H34ClN5O6. The number of phenolic OH excluding ortho intramolecular Hbond substituents is 1. The Labute approximate surface area is 238 Å². The number of aryl methyl sites for hydroxylation is 2. The van der Waals surface area contributed by atoms with E-state index in [0.717, 1.165) is 4.90 Å². The lowest BCUT2D eigenvalue weighted by molar-refractivity contribution is -0.140. The Bertz CT molecular complexity index is 1300. The van der Waals surface area contributed by atoms with E-state index in [0.29, 0.717) is 16.8 Å². The number of aromatic hydroxyl groups is 1. The summed E-state index contributed by atoms with van der Waals surface area (Å²) in [6, 6.07) is 8.51. The van der Waals surface area contributed by atoms with Gasteiger partial charge in [0, 0.05) is 6.42 Å². The Morgan fingerprint density at radius 1 is 1.15 bits per heavy atom. The first-order valence-electron chi connectivity index (χ1n) is 12.4. The molecule has 2 aromatic rings. The number of halogens is 1. The molecule has 0 aliphatic rings. The van der Waals surface area contributed by atoms with Gasteiger partial charge in [0.15, 0.2) is 0 Å². The number of rotatable bonds is 10. The molecule has 0 saturated heterocycles. The number of hydrogen-bond donors (Lipinski definition) is 4. The van der Waals surface area contributed by atoms with Crippen LogP contribution >= 0.6 is 11.6 Å². The average molecular weight is 572 g/mol. The van der Waals surface area contributed by atoms with Gasteiger partial charge in [0.25, 0.3) is 5.91 Å². The molecule has 0 aromatic heterocycles. The second kappa shape index (κ2) is 13.7. The number of nitriles is 1. The second-order valence-corrected chi connectivity index (χ2v) is 10.6. The summed E-state index contributed by atoms with van der Waals surface area (Å²) in [6.45, 7) is 7.71. The van der Waals surface area contributed by atoms with Crippen LogP contribution in [-0.4, -0.2) is 52.0 Å². The van der Waals surface area contributed by atoms with E-state index < -0.39 is 48.0 Å². The molecule has 12 heteroatoms. The van der Waals surface area contributed by atoms with Gasteiger partial charge in [-0.2, -0.15) is 5.26 Å². The molecule has 214 valence electrons. The number of alkyl carbamates (subject to hydrolysis) is 1. The smallest absolute Gasteiger partial charge is 0.408 e. The number of anilines is 1. The molecule has 40 heavy (non-hydrogen) atoms. The van der Waals surface area contributed by atoms with Crippen LogP contribution in [0.5, 0.6) is 5.75 Å². The molecule has 2 unspecified atom stereocenters. The molecule has 11 nitrogen and oxygen atoms in total.